The number of carbonyl (C=O) groups is 1. The molecule has 5 rings (SSSR count). The minimum atomic E-state index is -0.342. The first kappa shape index (κ1) is 19.7. The summed E-state index contributed by atoms with van der Waals surface area (Å²) in [6, 6.07) is 20.9. The smallest absolute Gasteiger partial charge is 0.225 e. The molecule has 1 unspecified atom stereocenters. The van der Waals surface area contributed by atoms with Crippen LogP contribution in [0.3, 0.4) is 0 Å². The zero-order valence-electron chi connectivity index (χ0n) is 17.3. The number of phenols is 1. The maximum Gasteiger partial charge on any atom is 0.225 e. The van der Waals surface area contributed by atoms with Gasteiger partial charge in [0.15, 0.2) is 0 Å². The van der Waals surface area contributed by atoms with E-state index in [-0.39, 0.29) is 17.7 Å². The Morgan fingerprint density at radius 2 is 1.84 bits per heavy atom. The van der Waals surface area contributed by atoms with E-state index >= 15 is 0 Å². The van der Waals surface area contributed by atoms with E-state index in [0.717, 1.165) is 16.6 Å². The number of hydrogen-bond acceptors (Lipinski definition) is 2. The number of hydrogen-bond donors (Lipinski definition) is 1. The molecule has 1 N–H and O–H groups in total. The monoisotopic (exact) mass is 430 g/mol. The Morgan fingerprint density at radius 3 is 2.71 bits per heavy atom. The molecule has 1 amide bonds. The van der Waals surface area contributed by atoms with Crippen LogP contribution in [0.2, 0.25) is 5.02 Å². The number of aryl methyl sites for hydroxylation is 2. The van der Waals surface area contributed by atoms with Crippen molar-refractivity contribution in [2.24, 2.45) is 0 Å². The van der Waals surface area contributed by atoms with Crippen molar-refractivity contribution in [1.29, 1.82) is 0 Å². The van der Waals surface area contributed by atoms with Gasteiger partial charge in [-0.3, -0.25) is 4.79 Å². The van der Waals surface area contributed by atoms with Crippen LogP contribution in [0.5, 0.6) is 5.75 Å². The van der Waals surface area contributed by atoms with Gasteiger partial charge < -0.3 is 14.6 Å². The summed E-state index contributed by atoms with van der Waals surface area (Å²) in [6.07, 6.45) is 2.49. The van der Waals surface area contributed by atoms with E-state index in [0.29, 0.717) is 30.1 Å². The van der Waals surface area contributed by atoms with Crippen LogP contribution in [-0.4, -0.2) is 20.5 Å². The number of aromatic hydroxyl groups is 1. The Labute approximate surface area is 186 Å². The SMILES string of the molecule is Cc1cn(CCC(=O)N2Cc3ccccc3C2c2cc(Cl)ccc2O)c2ccccc12. The molecule has 0 radical (unpaired) electrons. The van der Waals surface area contributed by atoms with E-state index in [4.69, 9.17) is 11.6 Å². The van der Waals surface area contributed by atoms with Crippen LogP contribution in [0.25, 0.3) is 10.9 Å². The third kappa shape index (κ3) is 3.47. The van der Waals surface area contributed by atoms with Crippen LogP contribution >= 0.6 is 11.6 Å². The predicted molar refractivity (Wildman–Crippen MR) is 123 cm³/mol. The van der Waals surface area contributed by atoms with Crippen LogP contribution in [0.15, 0.2) is 72.9 Å². The van der Waals surface area contributed by atoms with Gasteiger partial charge in [-0.2, -0.15) is 0 Å². The second-order valence-corrected chi connectivity index (χ2v) is 8.54. The van der Waals surface area contributed by atoms with Crippen LogP contribution in [-0.2, 0) is 17.9 Å². The minimum Gasteiger partial charge on any atom is -0.508 e. The summed E-state index contributed by atoms with van der Waals surface area (Å²) in [5, 5.41) is 12.3. The van der Waals surface area contributed by atoms with Crippen LogP contribution in [0.4, 0.5) is 0 Å². The summed E-state index contributed by atoms with van der Waals surface area (Å²) in [4.78, 5) is 15.3. The molecule has 0 bridgehead atoms. The Kier molecular flexibility index (Phi) is 4.95. The van der Waals surface area contributed by atoms with Gasteiger partial charge in [0.1, 0.15) is 5.75 Å². The number of fused-ring (bicyclic) bond motifs is 2. The summed E-state index contributed by atoms with van der Waals surface area (Å²) in [7, 11) is 0. The van der Waals surface area contributed by atoms with E-state index in [2.05, 4.69) is 29.8 Å². The first-order valence-electron chi connectivity index (χ1n) is 10.4. The van der Waals surface area contributed by atoms with Crippen molar-refractivity contribution in [3.63, 3.8) is 0 Å². The molecule has 0 fully saturated rings. The van der Waals surface area contributed by atoms with Gasteiger partial charge in [0.2, 0.25) is 5.91 Å². The quantitative estimate of drug-likeness (QED) is 0.442. The molecule has 1 aliphatic rings. The van der Waals surface area contributed by atoms with Gasteiger partial charge in [-0.25, -0.2) is 0 Å². The number of carbonyl (C=O) groups excluding carboxylic acids is 1. The number of para-hydroxylation sites is 1. The van der Waals surface area contributed by atoms with Crippen LogP contribution in [0, 0.1) is 6.92 Å². The standard InChI is InChI=1S/C26H23ClN2O2/c1-17-15-28(23-9-5-4-7-20(17)23)13-12-25(31)29-16-18-6-2-3-8-21(18)26(29)22-14-19(27)10-11-24(22)30/h2-11,14-15,26,30H,12-13,16H2,1H3. The molecule has 0 spiro atoms. The van der Waals surface area contributed by atoms with Gasteiger partial charge in [-0.15, -0.1) is 0 Å². The van der Waals surface area contributed by atoms with Gasteiger partial charge in [-0.05, 0) is 47.9 Å². The van der Waals surface area contributed by atoms with Gasteiger partial charge in [0.05, 0.1) is 6.04 Å². The van der Waals surface area contributed by atoms with Gasteiger partial charge in [0.25, 0.3) is 0 Å². The van der Waals surface area contributed by atoms with E-state index in [9.17, 15) is 9.90 Å². The molecular weight excluding hydrogens is 408 g/mol. The van der Waals surface area contributed by atoms with Gasteiger partial charge >= 0.3 is 0 Å². The molecule has 1 atom stereocenters. The van der Waals surface area contributed by atoms with Crippen LogP contribution in [0.1, 0.15) is 34.7 Å². The van der Waals surface area contributed by atoms with Crippen molar-refractivity contribution in [3.05, 3.63) is 100 Å². The predicted octanol–water partition coefficient (Wildman–Crippen LogP) is 5.83. The summed E-state index contributed by atoms with van der Waals surface area (Å²) < 4.78 is 2.15. The maximum atomic E-state index is 13.4. The zero-order chi connectivity index (χ0) is 21.5. The number of rotatable bonds is 4. The Bertz CT molecular complexity index is 1290. The number of amides is 1. The van der Waals surface area contributed by atoms with E-state index in [1.54, 1.807) is 18.2 Å². The van der Waals surface area contributed by atoms with Crippen LogP contribution < -0.4 is 0 Å². The van der Waals surface area contributed by atoms with E-state index in [1.807, 2.05) is 41.3 Å². The maximum absolute atomic E-state index is 13.4. The molecule has 4 nitrogen and oxygen atoms in total. The Balaban J connectivity index is 1.45. The number of halogens is 1. The molecule has 0 saturated carbocycles. The third-order valence-corrected chi connectivity index (χ3v) is 6.40. The number of benzene rings is 3. The lowest BCUT2D eigenvalue weighted by atomic mass is 9.97. The average molecular weight is 431 g/mol. The Morgan fingerprint density at radius 1 is 1.06 bits per heavy atom. The minimum absolute atomic E-state index is 0.0519. The lowest BCUT2D eigenvalue weighted by molar-refractivity contribution is -0.133. The highest BCUT2D eigenvalue weighted by molar-refractivity contribution is 6.30. The molecule has 0 saturated heterocycles. The lowest BCUT2D eigenvalue weighted by Gasteiger charge is -2.27. The summed E-state index contributed by atoms with van der Waals surface area (Å²) in [5.41, 5.74) is 5.14. The number of nitrogens with zero attached hydrogens (tertiary/aromatic N) is 2. The molecule has 0 aliphatic carbocycles. The fourth-order valence-electron chi connectivity index (χ4n) is 4.67. The molecule has 156 valence electrons. The molecule has 3 aromatic carbocycles. The Hall–Kier alpha value is -3.24. The fraction of sp³-hybridized carbons (Fsp3) is 0.192. The van der Waals surface area contributed by atoms with Crippen molar-refractivity contribution in [1.82, 2.24) is 9.47 Å². The van der Waals surface area contributed by atoms with E-state index < -0.39 is 0 Å². The zero-order valence-corrected chi connectivity index (χ0v) is 18.0. The van der Waals surface area contributed by atoms with Gasteiger partial charge in [0, 0.05) is 47.2 Å². The summed E-state index contributed by atoms with van der Waals surface area (Å²) in [6.45, 7) is 3.22. The second kappa shape index (κ2) is 7.78. The topological polar surface area (TPSA) is 45.5 Å². The summed E-state index contributed by atoms with van der Waals surface area (Å²) >= 11 is 6.23. The number of aromatic nitrogens is 1. The van der Waals surface area contributed by atoms with Crippen molar-refractivity contribution in [2.45, 2.75) is 32.5 Å². The highest BCUT2D eigenvalue weighted by atomic mass is 35.5. The second-order valence-electron chi connectivity index (χ2n) is 8.10. The highest BCUT2D eigenvalue weighted by Gasteiger charge is 2.35. The van der Waals surface area contributed by atoms with E-state index in [1.165, 1.54) is 10.9 Å². The average Bonchev–Trinajstić information content (AvgIpc) is 3.32. The molecule has 31 heavy (non-hydrogen) atoms. The molecule has 1 aliphatic heterocycles. The number of phenolic OH excluding ortho intramolecular Hbond substituents is 1. The molecule has 1 aromatic heterocycles. The fourth-order valence-corrected chi connectivity index (χ4v) is 4.86. The third-order valence-electron chi connectivity index (χ3n) is 6.16. The molecule has 5 heteroatoms. The largest absolute Gasteiger partial charge is 0.508 e. The van der Waals surface area contributed by atoms with Crippen molar-refractivity contribution >= 4 is 28.4 Å². The first-order valence-corrected chi connectivity index (χ1v) is 10.8. The van der Waals surface area contributed by atoms with Crippen molar-refractivity contribution in [3.8, 4) is 5.75 Å². The van der Waals surface area contributed by atoms with Crippen molar-refractivity contribution < 1.29 is 9.90 Å². The highest BCUT2D eigenvalue weighted by Crippen LogP contribution is 2.42. The molecular formula is C26H23ClN2O2. The van der Waals surface area contributed by atoms with Crippen molar-refractivity contribution in [2.75, 3.05) is 0 Å². The first-order chi connectivity index (χ1) is 15.0. The summed E-state index contributed by atoms with van der Waals surface area (Å²) in [5.74, 6) is 0.201. The lowest BCUT2D eigenvalue weighted by Crippen LogP contribution is -2.31. The normalized spacial score (nSPS) is 15.4. The molecule has 2 heterocycles. The van der Waals surface area contributed by atoms with Gasteiger partial charge in [-0.1, -0.05) is 54.1 Å². The molecule has 4 aromatic rings.